The predicted octanol–water partition coefficient (Wildman–Crippen LogP) is 3.60. The molecule has 0 fully saturated rings. The van der Waals surface area contributed by atoms with E-state index in [1.54, 1.807) is 0 Å². The molecule has 80 valence electrons. The number of nitrogen functional groups attached to an aromatic ring is 1. The Morgan fingerprint density at radius 2 is 1.71 bits per heavy atom. The third-order valence-electron chi connectivity index (χ3n) is 1.36. The third kappa shape index (κ3) is 3.14. The number of halogens is 3. The lowest BCUT2D eigenvalue weighted by Crippen LogP contribution is -2.09. The largest absolute Gasteiger partial charge is 0.419 e. The maximum absolute atomic E-state index is 12.2. The zero-order valence-corrected chi connectivity index (χ0v) is 8.78. The average Bonchev–Trinajstić information content (AvgIpc) is 2.05. The molecule has 0 unspecified atom stereocenters. The molecule has 0 spiro atoms. The molecule has 1 rings (SSSR count). The molecule has 0 amide bonds. The number of alkyl halides is 3. The van der Waals surface area contributed by atoms with Gasteiger partial charge in [0.2, 0.25) is 0 Å². The van der Waals surface area contributed by atoms with E-state index in [0.717, 1.165) is 0 Å². The number of benzene rings is 1. The molecule has 14 heavy (non-hydrogen) atoms. The van der Waals surface area contributed by atoms with Crippen molar-refractivity contribution in [3.63, 3.8) is 0 Å². The molecule has 0 saturated carbocycles. The van der Waals surface area contributed by atoms with Crippen molar-refractivity contribution in [1.29, 1.82) is 0 Å². The molecule has 5 heteroatoms. The fourth-order valence-corrected chi connectivity index (χ4v) is 1.21. The van der Waals surface area contributed by atoms with Gasteiger partial charge in [0.15, 0.2) is 0 Å². The Hall–Kier alpha value is -0.840. The molecule has 0 aromatic heterocycles. The quantitative estimate of drug-likeness (QED) is 0.510. The van der Waals surface area contributed by atoms with Crippen LogP contribution in [0, 0.1) is 0 Å². The van der Waals surface area contributed by atoms with Crippen LogP contribution < -0.4 is 5.73 Å². The molecule has 2 N–H and O–H groups in total. The molecule has 1 nitrogen and oxygen atoms in total. The standard InChI is InChI=1S/C7H6F3NS.C2H6/c8-7(9,10)6-4(11)2-1-3-5(6)12;1-2/h1-3,12H,11H2;1-2H3. The molecule has 0 aliphatic carbocycles. The van der Waals surface area contributed by atoms with E-state index in [9.17, 15) is 13.2 Å². The minimum atomic E-state index is -4.43. The van der Waals surface area contributed by atoms with E-state index in [4.69, 9.17) is 5.73 Å². The maximum Gasteiger partial charge on any atom is 0.419 e. The summed E-state index contributed by atoms with van der Waals surface area (Å²) in [5.74, 6) is 0. The van der Waals surface area contributed by atoms with Gasteiger partial charge in [0.05, 0.1) is 5.56 Å². The van der Waals surface area contributed by atoms with Gasteiger partial charge in [-0.1, -0.05) is 19.9 Å². The minimum absolute atomic E-state index is 0.150. The monoisotopic (exact) mass is 223 g/mol. The smallest absolute Gasteiger partial charge is 0.398 e. The zero-order chi connectivity index (χ0) is 11.4. The number of nitrogens with two attached hydrogens (primary N) is 1. The van der Waals surface area contributed by atoms with E-state index in [2.05, 4.69) is 12.6 Å². The van der Waals surface area contributed by atoms with Gasteiger partial charge in [-0.15, -0.1) is 12.6 Å². The second-order valence-corrected chi connectivity index (χ2v) is 2.72. The summed E-state index contributed by atoms with van der Waals surface area (Å²) in [6.07, 6.45) is -4.43. The van der Waals surface area contributed by atoms with Crippen LogP contribution in [0.25, 0.3) is 0 Å². The molecule has 1 aromatic rings. The van der Waals surface area contributed by atoms with Crippen LogP contribution in [0.5, 0.6) is 0 Å². The Kier molecular flexibility index (Phi) is 4.83. The van der Waals surface area contributed by atoms with E-state index < -0.39 is 11.7 Å². The molecule has 0 atom stereocenters. The summed E-state index contributed by atoms with van der Waals surface area (Å²) >= 11 is 3.66. The van der Waals surface area contributed by atoms with Gasteiger partial charge in [0.25, 0.3) is 0 Å². The highest BCUT2D eigenvalue weighted by molar-refractivity contribution is 7.80. The molecule has 0 saturated heterocycles. The summed E-state index contributed by atoms with van der Waals surface area (Å²) < 4.78 is 36.5. The highest BCUT2D eigenvalue weighted by Crippen LogP contribution is 2.37. The van der Waals surface area contributed by atoms with Crippen LogP contribution >= 0.6 is 12.6 Å². The van der Waals surface area contributed by atoms with Crippen molar-refractivity contribution in [2.45, 2.75) is 24.9 Å². The first-order valence-corrected chi connectivity index (χ1v) is 4.52. The van der Waals surface area contributed by atoms with Crippen LogP contribution in [-0.2, 0) is 6.18 Å². The molecule has 0 radical (unpaired) electrons. The highest BCUT2D eigenvalue weighted by Gasteiger charge is 2.34. The topological polar surface area (TPSA) is 26.0 Å². The number of hydrogen-bond donors (Lipinski definition) is 2. The average molecular weight is 223 g/mol. The van der Waals surface area contributed by atoms with Gasteiger partial charge < -0.3 is 5.73 Å². The van der Waals surface area contributed by atoms with E-state index in [-0.39, 0.29) is 10.6 Å². The van der Waals surface area contributed by atoms with Gasteiger partial charge in [-0.2, -0.15) is 13.2 Å². The second-order valence-electron chi connectivity index (χ2n) is 2.24. The molecule has 0 aliphatic rings. The van der Waals surface area contributed by atoms with Crippen LogP contribution in [0.3, 0.4) is 0 Å². The van der Waals surface area contributed by atoms with Crippen molar-refractivity contribution in [1.82, 2.24) is 0 Å². The Morgan fingerprint density at radius 1 is 1.21 bits per heavy atom. The Balaban J connectivity index is 0.000000791. The van der Waals surface area contributed by atoms with Gasteiger partial charge >= 0.3 is 6.18 Å². The van der Waals surface area contributed by atoms with Crippen molar-refractivity contribution >= 4 is 18.3 Å². The normalized spacial score (nSPS) is 10.4. The maximum atomic E-state index is 12.2. The first-order valence-electron chi connectivity index (χ1n) is 4.07. The minimum Gasteiger partial charge on any atom is -0.398 e. The van der Waals surface area contributed by atoms with Crippen LogP contribution in [0.15, 0.2) is 23.1 Å². The van der Waals surface area contributed by atoms with Crippen molar-refractivity contribution in [2.24, 2.45) is 0 Å². The molecule has 0 heterocycles. The first-order chi connectivity index (χ1) is 6.43. The van der Waals surface area contributed by atoms with Crippen LogP contribution in [0.1, 0.15) is 19.4 Å². The van der Waals surface area contributed by atoms with Crippen LogP contribution in [0.2, 0.25) is 0 Å². The van der Waals surface area contributed by atoms with E-state index >= 15 is 0 Å². The van der Waals surface area contributed by atoms with Gasteiger partial charge in [0.1, 0.15) is 0 Å². The van der Waals surface area contributed by atoms with Crippen molar-refractivity contribution in [3.05, 3.63) is 23.8 Å². The summed E-state index contributed by atoms with van der Waals surface area (Å²) in [5.41, 5.74) is 3.98. The number of hydrogen-bond acceptors (Lipinski definition) is 2. The third-order valence-corrected chi connectivity index (χ3v) is 1.73. The van der Waals surface area contributed by atoms with Crippen LogP contribution in [-0.4, -0.2) is 0 Å². The predicted molar refractivity (Wildman–Crippen MR) is 54.5 cm³/mol. The van der Waals surface area contributed by atoms with Gasteiger partial charge in [-0.25, -0.2) is 0 Å². The SMILES string of the molecule is CC.Nc1cccc(S)c1C(F)(F)F. The van der Waals surface area contributed by atoms with Crippen molar-refractivity contribution in [3.8, 4) is 0 Å². The van der Waals surface area contributed by atoms with E-state index in [1.165, 1.54) is 18.2 Å². The number of anilines is 1. The zero-order valence-electron chi connectivity index (χ0n) is 7.89. The summed E-state index contributed by atoms with van der Waals surface area (Å²) in [5, 5.41) is 0. The Labute approximate surface area is 86.5 Å². The second kappa shape index (κ2) is 5.14. The highest BCUT2D eigenvalue weighted by atomic mass is 32.1. The lowest BCUT2D eigenvalue weighted by atomic mass is 10.2. The van der Waals surface area contributed by atoms with Crippen molar-refractivity contribution in [2.75, 3.05) is 5.73 Å². The fraction of sp³-hybridized carbons (Fsp3) is 0.333. The Morgan fingerprint density at radius 3 is 2.00 bits per heavy atom. The summed E-state index contributed by atoms with van der Waals surface area (Å²) in [6.45, 7) is 4.00. The molecule has 1 aromatic carbocycles. The summed E-state index contributed by atoms with van der Waals surface area (Å²) in [6, 6.07) is 3.87. The molecule has 0 aliphatic heterocycles. The molecular weight excluding hydrogens is 211 g/mol. The van der Waals surface area contributed by atoms with Gasteiger partial charge in [0, 0.05) is 10.6 Å². The van der Waals surface area contributed by atoms with Gasteiger partial charge in [-0.3, -0.25) is 0 Å². The summed E-state index contributed by atoms with van der Waals surface area (Å²) in [4.78, 5) is -0.150. The van der Waals surface area contributed by atoms with Crippen molar-refractivity contribution < 1.29 is 13.2 Å². The lowest BCUT2D eigenvalue weighted by Gasteiger charge is -2.11. The summed E-state index contributed by atoms with van der Waals surface area (Å²) in [7, 11) is 0. The van der Waals surface area contributed by atoms with E-state index in [1.807, 2.05) is 13.8 Å². The fourth-order valence-electron chi connectivity index (χ4n) is 0.866. The molecule has 0 bridgehead atoms. The lowest BCUT2D eigenvalue weighted by molar-refractivity contribution is -0.139. The number of rotatable bonds is 0. The molecular formula is C9H12F3NS. The number of thiol groups is 1. The van der Waals surface area contributed by atoms with Crippen LogP contribution in [0.4, 0.5) is 18.9 Å². The first kappa shape index (κ1) is 13.2. The van der Waals surface area contributed by atoms with Gasteiger partial charge in [-0.05, 0) is 12.1 Å². The Bertz CT molecular complexity index is 276. The van der Waals surface area contributed by atoms with E-state index in [0.29, 0.717) is 0 Å².